The summed E-state index contributed by atoms with van der Waals surface area (Å²) >= 11 is 0. The van der Waals surface area contributed by atoms with Gasteiger partial charge in [0.25, 0.3) is 5.91 Å². The Morgan fingerprint density at radius 3 is 2.42 bits per heavy atom. The van der Waals surface area contributed by atoms with Crippen molar-refractivity contribution >= 4 is 27.7 Å². The molecule has 0 unspecified atom stereocenters. The Morgan fingerprint density at radius 1 is 1.26 bits per heavy atom. The molecule has 0 aromatic rings. The maximum atomic E-state index is 11.0. The molecule has 1 N–H and O–H groups in total. The highest BCUT2D eigenvalue weighted by Gasteiger charge is 2.11. The molecule has 19 heavy (non-hydrogen) atoms. The molecule has 1 amide bonds. The molecule has 0 aliphatic heterocycles. The number of nitrogens with one attached hydrogen (secondary N) is 1. The summed E-state index contributed by atoms with van der Waals surface area (Å²) in [6, 6.07) is 0. The highest BCUT2D eigenvalue weighted by atomic mass is 32.2. The van der Waals surface area contributed by atoms with E-state index in [9.17, 15) is 22.8 Å². The number of hydrogen-bond donors (Lipinski definition) is 1. The highest BCUT2D eigenvalue weighted by molar-refractivity contribution is 7.94. The first-order chi connectivity index (χ1) is 8.76. The summed E-state index contributed by atoms with van der Waals surface area (Å²) in [4.78, 5) is 36.7. The van der Waals surface area contributed by atoms with Gasteiger partial charge in [0.1, 0.15) is 12.4 Å². The topological polar surface area (TPSA) is 116 Å². The average molecular weight is 293 g/mol. The summed E-state index contributed by atoms with van der Waals surface area (Å²) in [5, 5.41) is 0.741. The first kappa shape index (κ1) is 17.1. The van der Waals surface area contributed by atoms with Gasteiger partial charge in [-0.05, 0) is 6.92 Å². The summed E-state index contributed by atoms with van der Waals surface area (Å²) in [5.41, 5.74) is 1.76. The lowest BCUT2D eigenvalue weighted by molar-refractivity contribution is -0.132. The van der Waals surface area contributed by atoms with Crippen molar-refractivity contribution in [3.05, 3.63) is 12.0 Å². The van der Waals surface area contributed by atoms with Crippen LogP contribution in [0.5, 0.6) is 0 Å². The number of hydrogen-bond acceptors (Lipinski definition) is 7. The number of amides is 1. The molecule has 0 spiro atoms. The van der Waals surface area contributed by atoms with Crippen LogP contribution in [0.25, 0.3) is 0 Å². The molecule has 0 saturated carbocycles. The van der Waals surface area contributed by atoms with Crippen molar-refractivity contribution in [3.8, 4) is 0 Å². The van der Waals surface area contributed by atoms with E-state index in [0.717, 1.165) is 5.41 Å². The molecular weight excluding hydrogens is 278 g/mol. The van der Waals surface area contributed by atoms with Crippen LogP contribution in [0, 0.1) is 0 Å². The Bertz CT molecular complexity index is 454. The summed E-state index contributed by atoms with van der Waals surface area (Å²) in [5.74, 6) is -1.26. The number of carbonyl (C=O) groups excluding carboxylic acids is 3. The molecule has 108 valence electrons. The van der Waals surface area contributed by atoms with Crippen LogP contribution in [0.2, 0.25) is 0 Å². The monoisotopic (exact) mass is 293 g/mol. The van der Waals surface area contributed by atoms with Crippen molar-refractivity contribution in [2.45, 2.75) is 19.8 Å². The van der Waals surface area contributed by atoms with Gasteiger partial charge in [-0.2, -0.15) is 5.48 Å². The Kier molecular flexibility index (Phi) is 7.42. The predicted octanol–water partition coefficient (Wildman–Crippen LogP) is 0.0983. The number of Topliss-reactive ketones (excluding diaryl/α,β-unsaturated/α-hetero) is 1. The standard InChI is InChI=1S/C10H15NO7S/c1-3-19(15,16)7-6-17-10(14)18-11-9(13)5-4-8(2)12/h3H,1,4-7H2,2H3,(H,11,13). The van der Waals surface area contributed by atoms with Crippen LogP contribution in [-0.2, 0) is 29.0 Å². The lowest BCUT2D eigenvalue weighted by Crippen LogP contribution is -2.28. The van der Waals surface area contributed by atoms with Gasteiger partial charge in [0.05, 0.1) is 5.75 Å². The minimum atomic E-state index is -3.46. The van der Waals surface area contributed by atoms with E-state index < -0.39 is 34.3 Å². The highest BCUT2D eigenvalue weighted by Crippen LogP contribution is 1.93. The third kappa shape index (κ3) is 9.77. The van der Waals surface area contributed by atoms with Gasteiger partial charge < -0.3 is 14.4 Å². The summed E-state index contributed by atoms with van der Waals surface area (Å²) in [6.07, 6.45) is -1.33. The largest absolute Gasteiger partial charge is 0.533 e. The van der Waals surface area contributed by atoms with E-state index in [1.165, 1.54) is 6.92 Å². The van der Waals surface area contributed by atoms with Crippen molar-refractivity contribution in [3.63, 3.8) is 0 Å². The zero-order chi connectivity index (χ0) is 14.9. The normalized spacial score (nSPS) is 10.4. The number of sulfone groups is 1. The van der Waals surface area contributed by atoms with Gasteiger partial charge in [-0.15, -0.1) is 0 Å². The van der Waals surface area contributed by atoms with Gasteiger partial charge >= 0.3 is 6.16 Å². The first-order valence-electron chi connectivity index (χ1n) is 5.24. The molecule has 0 aliphatic rings. The second-order valence-corrected chi connectivity index (χ2v) is 5.53. The molecule has 0 heterocycles. The van der Waals surface area contributed by atoms with E-state index in [0.29, 0.717) is 0 Å². The zero-order valence-corrected chi connectivity index (χ0v) is 11.2. The number of hydroxylamine groups is 1. The maximum absolute atomic E-state index is 11.0. The van der Waals surface area contributed by atoms with Gasteiger partial charge in [-0.25, -0.2) is 13.2 Å². The molecule has 0 aromatic heterocycles. The van der Waals surface area contributed by atoms with Gasteiger partial charge in [-0.3, -0.25) is 4.79 Å². The van der Waals surface area contributed by atoms with Gasteiger partial charge in [0.2, 0.25) is 0 Å². The Morgan fingerprint density at radius 2 is 1.89 bits per heavy atom. The van der Waals surface area contributed by atoms with Crippen LogP contribution in [0.4, 0.5) is 4.79 Å². The summed E-state index contributed by atoms with van der Waals surface area (Å²) in [7, 11) is -3.46. The molecule has 0 radical (unpaired) electrons. The van der Waals surface area contributed by atoms with E-state index in [1.54, 1.807) is 5.48 Å². The lowest BCUT2D eigenvalue weighted by Gasteiger charge is -2.05. The first-order valence-corrected chi connectivity index (χ1v) is 6.95. The Balaban J connectivity index is 3.79. The number of ketones is 1. The molecule has 0 aromatic carbocycles. The van der Waals surface area contributed by atoms with E-state index in [-0.39, 0.29) is 18.6 Å². The lowest BCUT2D eigenvalue weighted by atomic mass is 10.2. The number of ether oxygens (including phenoxy) is 1. The van der Waals surface area contributed by atoms with Crippen molar-refractivity contribution in [1.29, 1.82) is 0 Å². The van der Waals surface area contributed by atoms with Gasteiger partial charge in [0.15, 0.2) is 9.84 Å². The fourth-order valence-electron chi connectivity index (χ4n) is 0.793. The van der Waals surface area contributed by atoms with Gasteiger partial charge in [-0.1, -0.05) is 6.58 Å². The van der Waals surface area contributed by atoms with Crippen LogP contribution in [0.3, 0.4) is 0 Å². The molecule has 9 heteroatoms. The molecular formula is C10H15NO7S. The Hall–Kier alpha value is -1.90. The molecule has 0 saturated heterocycles. The molecule has 0 fully saturated rings. The van der Waals surface area contributed by atoms with Crippen molar-refractivity contribution in [2.75, 3.05) is 12.4 Å². The minimum Gasteiger partial charge on any atom is -0.432 e. The van der Waals surface area contributed by atoms with E-state index in [2.05, 4.69) is 16.2 Å². The van der Waals surface area contributed by atoms with Crippen LogP contribution in [0.1, 0.15) is 19.8 Å². The van der Waals surface area contributed by atoms with Crippen LogP contribution >= 0.6 is 0 Å². The van der Waals surface area contributed by atoms with E-state index in [1.807, 2.05) is 0 Å². The van der Waals surface area contributed by atoms with Gasteiger partial charge in [0, 0.05) is 18.2 Å². The van der Waals surface area contributed by atoms with Crippen LogP contribution < -0.4 is 5.48 Å². The second-order valence-electron chi connectivity index (χ2n) is 3.46. The Labute approximate surface area is 110 Å². The van der Waals surface area contributed by atoms with E-state index in [4.69, 9.17) is 0 Å². The molecule has 0 rings (SSSR count). The fraction of sp³-hybridized carbons (Fsp3) is 0.500. The SMILES string of the molecule is C=CS(=O)(=O)CCOC(=O)ONC(=O)CCC(C)=O. The van der Waals surface area contributed by atoms with Crippen LogP contribution in [-0.4, -0.2) is 38.6 Å². The number of rotatable bonds is 7. The smallest absolute Gasteiger partial charge is 0.432 e. The van der Waals surface area contributed by atoms with Crippen LogP contribution in [0.15, 0.2) is 12.0 Å². The van der Waals surface area contributed by atoms with E-state index >= 15 is 0 Å². The molecule has 8 nitrogen and oxygen atoms in total. The molecule has 0 aliphatic carbocycles. The maximum Gasteiger partial charge on any atom is 0.533 e. The molecule has 0 bridgehead atoms. The predicted molar refractivity (Wildman–Crippen MR) is 64.5 cm³/mol. The third-order valence-corrected chi connectivity index (χ3v) is 3.04. The minimum absolute atomic E-state index is 0.0296. The molecule has 0 atom stereocenters. The third-order valence-electron chi connectivity index (χ3n) is 1.79. The van der Waals surface area contributed by atoms with Crippen molar-refractivity contribution in [1.82, 2.24) is 5.48 Å². The van der Waals surface area contributed by atoms with Crippen molar-refractivity contribution < 1.29 is 32.4 Å². The second kappa shape index (κ2) is 8.25. The van der Waals surface area contributed by atoms with Crippen molar-refractivity contribution in [2.24, 2.45) is 0 Å². The number of carbonyl (C=O) groups is 3. The summed E-state index contributed by atoms with van der Waals surface area (Å²) in [6.45, 7) is 3.98. The average Bonchev–Trinajstić information content (AvgIpc) is 2.33. The zero-order valence-electron chi connectivity index (χ0n) is 10.4. The quantitative estimate of drug-likeness (QED) is 0.522. The fourth-order valence-corrected chi connectivity index (χ4v) is 1.28. The summed E-state index contributed by atoms with van der Waals surface area (Å²) < 4.78 is 26.3.